The molecule has 0 radical (unpaired) electrons. The molecular weight excluding hydrogens is 404 g/mol. The number of carbonyl (C=O) groups excluding carboxylic acids is 1. The zero-order valence-corrected chi connectivity index (χ0v) is 17.3. The van der Waals surface area contributed by atoms with Gasteiger partial charge in [-0.15, -0.1) is 16.8 Å². The molecule has 0 fully saturated rings. The first-order valence-electron chi connectivity index (χ1n) is 8.93. The fourth-order valence-corrected chi connectivity index (χ4v) is 4.46. The number of amides is 1. The van der Waals surface area contributed by atoms with Crippen LogP contribution in [0, 0.1) is 0 Å². The summed E-state index contributed by atoms with van der Waals surface area (Å²) >= 11 is 2.81. The van der Waals surface area contributed by atoms with E-state index in [4.69, 9.17) is 0 Å². The molecule has 0 aliphatic carbocycles. The first kappa shape index (κ1) is 19.3. The molecule has 1 atom stereocenters. The van der Waals surface area contributed by atoms with E-state index in [0.29, 0.717) is 22.7 Å². The summed E-state index contributed by atoms with van der Waals surface area (Å²) in [7, 11) is 0. The minimum Gasteiger partial charge on any atom is -0.301 e. The van der Waals surface area contributed by atoms with Gasteiger partial charge in [0.1, 0.15) is 0 Å². The first-order chi connectivity index (χ1) is 14.2. The number of allylic oxidation sites excluding steroid dienone is 1. The van der Waals surface area contributed by atoms with Gasteiger partial charge >= 0.3 is 0 Å². The summed E-state index contributed by atoms with van der Waals surface area (Å²) in [6, 6.07) is 11.6. The van der Waals surface area contributed by atoms with Crippen molar-refractivity contribution in [2.45, 2.75) is 23.9 Å². The summed E-state index contributed by atoms with van der Waals surface area (Å²) in [5.41, 5.74) is 1.79. The number of fused-ring (bicyclic) bond motifs is 1. The molecule has 4 rings (SSSR count). The Morgan fingerprint density at radius 3 is 2.83 bits per heavy atom. The van der Waals surface area contributed by atoms with Crippen LogP contribution in [0.5, 0.6) is 0 Å². The number of anilines is 1. The van der Waals surface area contributed by atoms with Crippen molar-refractivity contribution >= 4 is 44.4 Å². The van der Waals surface area contributed by atoms with Gasteiger partial charge in [0, 0.05) is 24.5 Å². The van der Waals surface area contributed by atoms with Gasteiger partial charge in [0.2, 0.25) is 5.91 Å². The van der Waals surface area contributed by atoms with Crippen LogP contribution in [-0.2, 0) is 11.3 Å². The number of aromatic nitrogens is 5. The van der Waals surface area contributed by atoms with Crippen LogP contribution in [0.1, 0.15) is 6.92 Å². The van der Waals surface area contributed by atoms with Gasteiger partial charge in [0.05, 0.1) is 15.5 Å². The number of hydrogen-bond acceptors (Lipinski definition) is 7. The lowest BCUT2D eigenvalue weighted by atomic mass is 10.2. The summed E-state index contributed by atoms with van der Waals surface area (Å²) < 4.78 is 2.98. The highest BCUT2D eigenvalue weighted by molar-refractivity contribution is 8.00. The van der Waals surface area contributed by atoms with Gasteiger partial charge in [0.25, 0.3) is 0 Å². The molecule has 1 amide bonds. The Morgan fingerprint density at radius 1 is 1.28 bits per heavy atom. The van der Waals surface area contributed by atoms with E-state index in [1.807, 2.05) is 47.9 Å². The van der Waals surface area contributed by atoms with Crippen molar-refractivity contribution in [3.8, 4) is 11.4 Å². The van der Waals surface area contributed by atoms with E-state index in [-0.39, 0.29) is 11.2 Å². The fourth-order valence-electron chi connectivity index (χ4n) is 2.73. The molecule has 0 spiro atoms. The van der Waals surface area contributed by atoms with E-state index in [1.165, 1.54) is 23.1 Å². The molecule has 0 saturated heterocycles. The lowest BCUT2D eigenvalue weighted by Gasteiger charge is -2.11. The zero-order chi connectivity index (χ0) is 20.2. The van der Waals surface area contributed by atoms with Gasteiger partial charge in [-0.3, -0.25) is 14.3 Å². The summed E-state index contributed by atoms with van der Waals surface area (Å²) in [4.78, 5) is 21.2. The number of rotatable bonds is 7. The third-order valence-corrected chi connectivity index (χ3v) is 6.17. The minimum atomic E-state index is -0.375. The van der Waals surface area contributed by atoms with Crippen LogP contribution in [0.15, 0.2) is 66.6 Å². The summed E-state index contributed by atoms with van der Waals surface area (Å²) in [6.45, 7) is 6.20. The quantitative estimate of drug-likeness (QED) is 0.354. The highest BCUT2D eigenvalue weighted by Crippen LogP contribution is 2.29. The molecule has 1 aromatic carbocycles. The molecule has 3 aromatic heterocycles. The Labute approximate surface area is 175 Å². The van der Waals surface area contributed by atoms with Crippen LogP contribution >= 0.6 is 23.1 Å². The van der Waals surface area contributed by atoms with Gasteiger partial charge in [-0.2, -0.15) is 0 Å². The van der Waals surface area contributed by atoms with Crippen LogP contribution in [0.3, 0.4) is 0 Å². The molecule has 7 nitrogen and oxygen atoms in total. The van der Waals surface area contributed by atoms with Crippen molar-refractivity contribution in [1.82, 2.24) is 24.7 Å². The minimum absolute atomic E-state index is 0.132. The Bertz CT molecular complexity index is 1120. The maximum atomic E-state index is 12.7. The Kier molecular flexibility index (Phi) is 5.68. The third-order valence-electron chi connectivity index (χ3n) is 4.14. The SMILES string of the molecule is C=CCn1c(SC(C)C(=O)Nc2nc3ccccc3s2)nnc1-c1ccncc1. The number of nitrogens with zero attached hydrogens (tertiary/aromatic N) is 5. The molecule has 1 N–H and O–H groups in total. The van der Waals surface area contributed by atoms with Crippen molar-refractivity contribution in [2.24, 2.45) is 0 Å². The van der Waals surface area contributed by atoms with Gasteiger partial charge in [-0.05, 0) is 31.2 Å². The lowest BCUT2D eigenvalue weighted by molar-refractivity contribution is -0.115. The average Bonchev–Trinajstić information content (AvgIpc) is 3.32. The van der Waals surface area contributed by atoms with E-state index in [2.05, 4.69) is 32.1 Å². The Hall–Kier alpha value is -3.04. The first-order valence-corrected chi connectivity index (χ1v) is 10.6. The molecule has 3 heterocycles. The summed E-state index contributed by atoms with van der Waals surface area (Å²) in [5.74, 6) is 0.584. The second-order valence-electron chi connectivity index (χ2n) is 6.18. The molecule has 146 valence electrons. The predicted molar refractivity (Wildman–Crippen MR) is 117 cm³/mol. The second-order valence-corrected chi connectivity index (χ2v) is 8.52. The molecule has 29 heavy (non-hydrogen) atoms. The third kappa shape index (κ3) is 4.20. The fraction of sp³-hybridized carbons (Fsp3) is 0.150. The van der Waals surface area contributed by atoms with Crippen molar-refractivity contribution in [1.29, 1.82) is 0 Å². The number of thioether (sulfide) groups is 1. The summed E-state index contributed by atoms with van der Waals surface area (Å²) in [5, 5.41) is 12.4. The smallest absolute Gasteiger partial charge is 0.239 e. The number of hydrogen-bond donors (Lipinski definition) is 1. The monoisotopic (exact) mass is 422 g/mol. The van der Waals surface area contributed by atoms with Crippen LogP contribution in [0.2, 0.25) is 0 Å². The number of nitrogens with one attached hydrogen (secondary N) is 1. The average molecular weight is 423 g/mol. The van der Waals surface area contributed by atoms with Crippen molar-refractivity contribution in [3.63, 3.8) is 0 Å². The highest BCUT2D eigenvalue weighted by atomic mass is 32.2. The molecular formula is C20H18N6OS2. The highest BCUT2D eigenvalue weighted by Gasteiger charge is 2.21. The normalized spacial score (nSPS) is 12.0. The van der Waals surface area contributed by atoms with Crippen LogP contribution in [0.25, 0.3) is 21.6 Å². The van der Waals surface area contributed by atoms with Gasteiger partial charge in [0.15, 0.2) is 16.1 Å². The van der Waals surface area contributed by atoms with Crippen molar-refractivity contribution < 1.29 is 4.79 Å². The number of benzene rings is 1. The summed E-state index contributed by atoms with van der Waals surface area (Å²) in [6.07, 6.45) is 5.20. The predicted octanol–water partition coefficient (Wildman–Crippen LogP) is 4.26. The van der Waals surface area contributed by atoms with Crippen molar-refractivity contribution in [3.05, 3.63) is 61.4 Å². The Balaban J connectivity index is 1.51. The molecule has 0 saturated carbocycles. The number of pyridine rings is 1. The molecule has 4 aromatic rings. The van der Waals surface area contributed by atoms with E-state index < -0.39 is 0 Å². The van der Waals surface area contributed by atoms with Crippen LogP contribution < -0.4 is 5.32 Å². The number of thiazole rings is 1. The molecule has 0 aliphatic heterocycles. The van der Waals surface area contributed by atoms with Crippen LogP contribution in [-0.4, -0.2) is 35.9 Å². The van der Waals surface area contributed by atoms with Gasteiger partial charge < -0.3 is 5.32 Å². The standard InChI is InChI=1S/C20H18N6OS2/c1-3-12-26-17(14-8-10-21-11-9-14)24-25-20(26)28-13(2)18(27)23-19-22-15-6-4-5-7-16(15)29-19/h3-11,13H,1,12H2,2H3,(H,22,23,27). The zero-order valence-electron chi connectivity index (χ0n) is 15.6. The maximum absolute atomic E-state index is 12.7. The van der Waals surface area contributed by atoms with Gasteiger partial charge in [-0.25, -0.2) is 4.98 Å². The topological polar surface area (TPSA) is 85.6 Å². The second kappa shape index (κ2) is 8.54. The largest absolute Gasteiger partial charge is 0.301 e. The van der Waals surface area contributed by atoms with E-state index >= 15 is 0 Å². The number of para-hydroxylation sites is 1. The van der Waals surface area contributed by atoms with Crippen LogP contribution in [0.4, 0.5) is 5.13 Å². The molecule has 0 bridgehead atoms. The van der Waals surface area contributed by atoms with E-state index in [1.54, 1.807) is 18.5 Å². The molecule has 1 unspecified atom stereocenters. The van der Waals surface area contributed by atoms with Crippen molar-refractivity contribution in [2.75, 3.05) is 5.32 Å². The van der Waals surface area contributed by atoms with E-state index in [0.717, 1.165) is 15.8 Å². The van der Waals surface area contributed by atoms with E-state index in [9.17, 15) is 4.79 Å². The lowest BCUT2D eigenvalue weighted by Crippen LogP contribution is -2.22. The number of carbonyl (C=O) groups is 1. The van der Waals surface area contributed by atoms with Gasteiger partial charge in [-0.1, -0.05) is 41.3 Å². The molecule has 9 heteroatoms. The maximum Gasteiger partial charge on any atom is 0.239 e. The molecule has 0 aliphatic rings. The Morgan fingerprint density at radius 2 is 2.07 bits per heavy atom.